The lowest BCUT2D eigenvalue weighted by atomic mass is 9.90. The molecule has 2 aromatic carbocycles. The van der Waals surface area contributed by atoms with Crippen molar-refractivity contribution >= 4 is 0 Å². The van der Waals surface area contributed by atoms with Crippen LogP contribution in [0.5, 0.6) is 11.5 Å². The van der Waals surface area contributed by atoms with Gasteiger partial charge in [0.05, 0.1) is 30.9 Å². The van der Waals surface area contributed by atoms with Gasteiger partial charge in [-0.05, 0) is 39.2 Å². The van der Waals surface area contributed by atoms with Gasteiger partial charge in [0.2, 0.25) is 0 Å². The van der Waals surface area contributed by atoms with Crippen molar-refractivity contribution in [2.45, 2.75) is 39.7 Å². The highest BCUT2D eigenvalue weighted by atomic mass is 16.5. The lowest BCUT2D eigenvalue weighted by molar-refractivity contribution is 0.0676. The van der Waals surface area contributed by atoms with Crippen molar-refractivity contribution in [3.63, 3.8) is 0 Å². The van der Waals surface area contributed by atoms with Crippen LogP contribution in [0.25, 0.3) is 0 Å². The van der Waals surface area contributed by atoms with E-state index in [-0.39, 0.29) is 11.9 Å². The Morgan fingerprint density at radius 3 is 2.16 bits per heavy atom. The number of phenolic OH excluding ortho intramolecular Hbond substituents is 1. The molecule has 158 valence electrons. The zero-order chi connectivity index (χ0) is 22.6. The van der Waals surface area contributed by atoms with E-state index in [9.17, 15) is 5.11 Å². The normalized spacial score (nSPS) is 10.5. The Bertz CT molecular complexity index is 1090. The molecule has 2 aromatic rings. The lowest BCUT2D eigenvalue weighted by Gasteiger charge is -2.21. The number of ether oxygens (including phenoxy) is 2. The molecule has 1 atom stereocenters. The summed E-state index contributed by atoms with van der Waals surface area (Å²) in [7, 11) is 1.54. The summed E-state index contributed by atoms with van der Waals surface area (Å²) in [6, 6.07) is 10.1. The van der Waals surface area contributed by atoms with Crippen molar-refractivity contribution in [1.29, 1.82) is 0 Å². The van der Waals surface area contributed by atoms with E-state index in [2.05, 4.69) is 42.1 Å². The van der Waals surface area contributed by atoms with Gasteiger partial charge in [-0.1, -0.05) is 54.2 Å². The van der Waals surface area contributed by atoms with Crippen molar-refractivity contribution < 1.29 is 14.6 Å². The van der Waals surface area contributed by atoms with Crippen LogP contribution >= 0.6 is 0 Å². The molecule has 0 aliphatic rings. The SMILES string of the molecule is C=CCOC(CCc1c(C#CC)c(C#CC)c(C#CC)c(O)c1OC)c1ccccc1. The van der Waals surface area contributed by atoms with Crippen LogP contribution in [-0.2, 0) is 11.2 Å². The van der Waals surface area contributed by atoms with Crippen LogP contribution in [0.2, 0.25) is 0 Å². The molecule has 0 spiro atoms. The number of phenols is 1. The van der Waals surface area contributed by atoms with E-state index in [0.29, 0.717) is 36.3 Å². The summed E-state index contributed by atoms with van der Waals surface area (Å²) in [5.41, 5.74) is 3.69. The van der Waals surface area contributed by atoms with Crippen molar-refractivity contribution in [2.24, 2.45) is 0 Å². The molecule has 0 saturated heterocycles. The topological polar surface area (TPSA) is 38.7 Å². The first-order valence-corrected chi connectivity index (χ1v) is 10.1. The second-order valence-electron chi connectivity index (χ2n) is 6.67. The van der Waals surface area contributed by atoms with Crippen LogP contribution in [0, 0.1) is 35.5 Å². The molecule has 2 rings (SSSR count). The molecule has 0 amide bonds. The maximum absolute atomic E-state index is 10.9. The van der Waals surface area contributed by atoms with E-state index >= 15 is 0 Å². The van der Waals surface area contributed by atoms with Crippen molar-refractivity contribution in [3.05, 3.63) is 70.8 Å². The maximum atomic E-state index is 10.9. The average molecular weight is 413 g/mol. The van der Waals surface area contributed by atoms with Crippen LogP contribution in [0.4, 0.5) is 0 Å². The molecule has 31 heavy (non-hydrogen) atoms. The monoisotopic (exact) mass is 412 g/mol. The molecule has 0 heterocycles. The maximum Gasteiger partial charge on any atom is 0.175 e. The smallest absolute Gasteiger partial charge is 0.175 e. The molecule has 0 aliphatic heterocycles. The highest BCUT2D eigenvalue weighted by Gasteiger charge is 2.23. The number of hydrogen-bond acceptors (Lipinski definition) is 3. The van der Waals surface area contributed by atoms with Crippen LogP contribution in [0.15, 0.2) is 43.0 Å². The van der Waals surface area contributed by atoms with Crippen LogP contribution in [-0.4, -0.2) is 18.8 Å². The van der Waals surface area contributed by atoms with E-state index in [1.807, 2.05) is 30.3 Å². The molecule has 3 nitrogen and oxygen atoms in total. The average Bonchev–Trinajstić information content (AvgIpc) is 2.79. The van der Waals surface area contributed by atoms with E-state index in [1.54, 1.807) is 34.0 Å². The minimum atomic E-state index is -0.135. The van der Waals surface area contributed by atoms with Crippen LogP contribution < -0.4 is 4.74 Å². The summed E-state index contributed by atoms with van der Waals surface area (Å²) < 4.78 is 11.6. The van der Waals surface area contributed by atoms with Gasteiger partial charge in [-0.25, -0.2) is 0 Å². The molecular formula is C28H28O3. The molecule has 0 saturated carbocycles. The Kier molecular flexibility index (Phi) is 9.32. The first kappa shape index (κ1) is 23.7. The van der Waals surface area contributed by atoms with Gasteiger partial charge in [0, 0.05) is 11.1 Å². The molecule has 0 aliphatic carbocycles. The summed E-state index contributed by atoms with van der Waals surface area (Å²) >= 11 is 0. The Balaban J connectivity index is 2.61. The summed E-state index contributed by atoms with van der Waals surface area (Å²) in [6.07, 6.45) is 2.85. The molecule has 0 fully saturated rings. The third-order valence-electron chi connectivity index (χ3n) is 4.73. The fourth-order valence-corrected chi connectivity index (χ4v) is 3.46. The van der Waals surface area contributed by atoms with Crippen molar-refractivity contribution in [2.75, 3.05) is 13.7 Å². The second-order valence-corrected chi connectivity index (χ2v) is 6.67. The highest BCUT2D eigenvalue weighted by molar-refractivity contribution is 5.72. The van der Waals surface area contributed by atoms with Gasteiger partial charge in [0.25, 0.3) is 0 Å². The number of methoxy groups -OCH3 is 1. The number of rotatable bonds is 8. The molecule has 3 heteroatoms. The number of aromatic hydroxyl groups is 1. The molecule has 0 radical (unpaired) electrons. The first-order valence-electron chi connectivity index (χ1n) is 10.1. The molecule has 1 unspecified atom stereocenters. The Morgan fingerprint density at radius 2 is 1.58 bits per heavy atom. The lowest BCUT2D eigenvalue weighted by Crippen LogP contribution is -2.09. The fraction of sp³-hybridized carbons (Fsp3) is 0.286. The summed E-state index contributed by atoms with van der Waals surface area (Å²) in [6.45, 7) is 9.45. The quantitative estimate of drug-likeness (QED) is 0.467. The van der Waals surface area contributed by atoms with Gasteiger partial charge in [0.1, 0.15) is 0 Å². The Hall–Kier alpha value is -3.58. The summed E-state index contributed by atoms with van der Waals surface area (Å²) in [5, 5.41) is 10.9. The van der Waals surface area contributed by atoms with Crippen LogP contribution in [0.1, 0.15) is 61.1 Å². The number of hydrogen-bond donors (Lipinski definition) is 1. The van der Waals surface area contributed by atoms with E-state index in [1.165, 1.54) is 0 Å². The fourth-order valence-electron chi connectivity index (χ4n) is 3.46. The molecule has 0 bridgehead atoms. The van der Waals surface area contributed by atoms with E-state index in [0.717, 1.165) is 16.7 Å². The number of benzene rings is 2. The zero-order valence-corrected chi connectivity index (χ0v) is 18.6. The van der Waals surface area contributed by atoms with Crippen LogP contribution in [0.3, 0.4) is 0 Å². The first-order chi connectivity index (χ1) is 15.1. The van der Waals surface area contributed by atoms with Crippen molar-refractivity contribution in [1.82, 2.24) is 0 Å². The largest absolute Gasteiger partial charge is 0.503 e. The zero-order valence-electron chi connectivity index (χ0n) is 18.6. The van der Waals surface area contributed by atoms with Crippen molar-refractivity contribution in [3.8, 4) is 47.0 Å². The summed E-state index contributed by atoms with van der Waals surface area (Å²) in [5.74, 6) is 18.3. The highest BCUT2D eigenvalue weighted by Crippen LogP contribution is 2.40. The standard InChI is InChI=1S/C28H28O3/c1-6-13-22-23(14-7-2)25(28(30-5)27(29)24(22)15-8-3)18-19-26(31-20-9-4)21-16-11-10-12-17-21/h9-12,16-17,26,29H,4,18-20H2,1-3,5H3. The Labute approximate surface area is 186 Å². The minimum absolute atomic E-state index is 0.00507. The van der Waals surface area contributed by atoms with Gasteiger partial charge in [0.15, 0.2) is 11.5 Å². The van der Waals surface area contributed by atoms with E-state index in [4.69, 9.17) is 9.47 Å². The second kappa shape index (κ2) is 12.2. The summed E-state index contributed by atoms with van der Waals surface area (Å²) in [4.78, 5) is 0. The predicted molar refractivity (Wildman–Crippen MR) is 126 cm³/mol. The van der Waals surface area contributed by atoms with Gasteiger partial charge < -0.3 is 14.6 Å². The molecule has 0 aromatic heterocycles. The van der Waals surface area contributed by atoms with Gasteiger partial charge in [-0.2, -0.15) is 0 Å². The minimum Gasteiger partial charge on any atom is -0.503 e. The van der Waals surface area contributed by atoms with E-state index < -0.39 is 0 Å². The van der Waals surface area contributed by atoms with Gasteiger partial charge in [-0.3, -0.25) is 0 Å². The third-order valence-corrected chi connectivity index (χ3v) is 4.73. The van der Waals surface area contributed by atoms with Gasteiger partial charge >= 0.3 is 0 Å². The Morgan fingerprint density at radius 1 is 0.968 bits per heavy atom. The molecular weight excluding hydrogens is 384 g/mol. The predicted octanol–water partition coefficient (Wildman–Crippen LogP) is 5.39. The van der Waals surface area contributed by atoms with Gasteiger partial charge in [-0.15, -0.1) is 24.3 Å². The molecule has 1 N–H and O–H groups in total. The third kappa shape index (κ3) is 5.73.